The number of fused-ring (bicyclic) bond motifs is 1. The van der Waals surface area contributed by atoms with Crippen molar-refractivity contribution < 1.29 is 9.84 Å². The Morgan fingerprint density at radius 1 is 0.971 bits per heavy atom. The first kappa shape index (κ1) is 22.8. The minimum atomic E-state index is -0.529. The van der Waals surface area contributed by atoms with Gasteiger partial charge in [0.25, 0.3) is 0 Å². The van der Waals surface area contributed by atoms with E-state index in [9.17, 15) is 5.11 Å². The SMILES string of the molecule is CC1=C2C(OCC(O)CN3CCN(C(c4ccccc4)c4ccccc4)CC3)=CC=CC2N=C1. The summed E-state index contributed by atoms with van der Waals surface area (Å²) in [4.78, 5) is 9.39. The maximum absolute atomic E-state index is 10.7. The molecule has 2 aliphatic heterocycles. The van der Waals surface area contributed by atoms with Gasteiger partial charge >= 0.3 is 0 Å². The summed E-state index contributed by atoms with van der Waals surface area (Å²) in [6.45, 7) is 6.75. The zero-order chi connectivity index (χ0) is 23.3. The van der Waals surface area contributed by atoms with Crippen LogP contribution in [-0.2, 0) is 4.74 Å². The molecule has 1 aliphatic carbocycles. The number of ether oxygens (including phenoxy) is 1. The van der Waals surface area contributed by atoms with Crippen LogP contribution in [0.5, 0.6) is 0 Å². The molecule has 0 amide bonds. The van der Waals surface area contributed by atoms with Crippen LogP contribution in [-0.4, -0.2) is 72.6 Å². The zero-order valence-corrected chi connectivity index (χ0v) is 19.8. The lowest BCUT2D eigenvalue weighted by Crippen LogP contribution is -2.50. The number of β-amino-alcohol motifs (C(OH)–C–C–N with tert-alkyl or cyclic N) is 1. The number of aliphatic hydroxyl groups is 1. The van der Waals surface area contributed by atoms with Crippen molar-refractivity contribution in [3.8, 4) is 0 Å². The summed E-state index contributed by atoms with van der Waals surface area (Å²) >= 11 is 0. The molecular weight excluding hydrogens is 422 g/mol. The molecule has 2 unspecified atom stereocenters. The van der Waals surface area contributed by atoms with Crippen molar-refractivity contribution in [1.29, 1.82) is 0 Å². The van der Waals surface area contributed by atoms with Crippen LogP contribution < -0.4 is 0 Å². The number of piperazine rings is 1. The number of allylic oxidation sites excluding steroid dienone is 3. The highest BCUT2D eigenvalue weighted by atomic mass is 16.5. The Kier molecular flexibility index (Phi) is 7.05. The molecule has 0 aromatic heterocycles. The summed E-state index contributed by atoms with van der Waals surface area (Å²) in [5, 5.41) is 10.7. The van der Waals surface area contributed by atoms with Gasteiger partial charge in [0.1, 0.15) is 18.5 Å². The van der Waals surface area contributed by atoms with Crippen molar-refractivity contribution in [2.75, 3.05) is 39.3 Å². The van der Waals surface area contributed by atoms with E-state index in [4.69, 9.17) is 4.74 Å². The molecule has 2 heterocycles. The van der Waals surface area contributed by atoms with Crippen molar-refractivity contribution in [3.05, 3.63) is 107 Å². The first-order valence-electron chi connectivity index (χ1n) is 12.2. The molecule has 1 N–H and O–H groups in total. The van der Waals surface area contributed by atoms with E-state index in [1.807, 2.05) is 18.4 Å². The van der Waals surface area contributed by atoms with E-state index in [1.54, 1.807) is 0 Å². The lowest BCUT2D eigenvalue weighted by atomic mass is 9.96. The summed E-state index contributed by atoms with van der Waals surface area (Å²) in [5.74, 6) is 0.833. The van der Waals surface area contributed by atoms with Gasteiger partial charge in [0.15, 0.2) is 0 Å². The molecule has 3 aliphatic rings. The molecule has 34 heavy (non-hydrogen) atoms. The van der Waals surface area contributed by atoms with Gasteiger partial charge in [-0.15, -0.1) is 0 Å². The second kappa shape index (κ2) is 10.5. The molecule has 5 rings (SSSR count). The maximum Gasteiger partial charge on any atom is 0.125 e. The highest BCUT2D eigenvalue weighted by molar-refractivity contribution is 5.85. The van der Waals surface area contributed by atoms with E-state index in [0.29, 0.717) is 13.2 Å². The lowest BCUT2D eigenvalue weighted by Gasteiger charge is -2.40. The van der Waals surface area contributed by atoms with Gasteiger partial charge in [0, 0.05) is 44.5 Å². The highest BCUT2D eigenvalue weighted by Gasteiger charge is 2.28. The highest BCUT2D eigenvalue weighted by Crippen LogP contribution is 2.31. The summed E-state index contributed by atoms with van der Waals surface area (Å²) in [6.07, 6.45) is 7.41. The van der Waals surface area contributed by atoms with Crippen LogP contribution in [0.3, 0.4) is 0 Å². The van der Waals surface area contributed by atoms with Gasteiger partial charge in [-0.25, -0.2) is 0 Å². The molecule has 2 aromatic carbocycles. The molecule has 2 aromatic rings. The van der Waals surface area contributed by atoms with Crippen molar-refractivity contribution in [3.63, 3.8) is 0 Å². The van der Waals surface area contributed by atoms with Gasteiger partial charge < -0.3 is 9.84 Å². The van der Waals surface area contributed by atoms with Crippen LogP contribution in [0.25, 0.3) is 0 Å². The van der Waals surface area contributed by atoms with Crippen LogP contribution in [0, 0.1) is 0 Å². The molecule has 1 fully saturated rings. The molecule has 176 valence electrons. The van der Waals surface area contributed by atoms with Gasteiger partial charge in [0.2, 0.25) is 0 Å². The fraction of sp³-hybridized carbons (Fsp3) is 0.345. The standard InChI is InChI=1S/C29H33N3O2/c1-22-19-30-26-13-8-14-27(28(22)26)34-21-25(33)20-31-15-17-32(18-16-31)29(23-9-4-2-5-10-23)24-11-6-3-7-12-24/h2-14,19,25-26,29,33H,15-18,20-21H2,1H3. The van der Waals surface area contributed by atoms with Crippen molar-refractivity contribution in [2.45, 2.75) is 25.1 Å². The Labute approximate surface area is 202 Å². The first-order chi connectivity index (χ1) is 16.7. The molecule has 5 nitrogen and oxygen atoms in total. The van der Waals surface area contributed by atoms with Gasteiger partial charge in [-0.3, -0.25) is 14.8 Å². The molecule has 0 saturated carbocycles. The van der Waals surface area contributed by atoms with E-state index < -0.39 is 6.10 Å². The van der Waals surface area contributed by atoms with E-state index in [1.165, 1.54) is 11.1 Å². The number of aliphatic hydroxyl groups excluding tert-OH is 1. The molecule has 5 heteroatoms. The van der Waals surface area contributed by atoms with Gasteiger partial charge in [0.05, 0.1) is 12.1 Å². The third-order valence-corrected chi connectivity index (χ3v) is 6.86. The quantitative estimate of drug-likeness (QED) is 0.654. The largest absolute Gasteiger partial charge is 0.490 e. The van der Waals surface area contributed by atoms with Crippen LogP contribution in [0.1, 0.15) is 24.1 Å². The van der Waals surface area contributed by atoms with Crippen LogP contribution in [0.15, 0.2) is 101 Å². The number of benzene rings is 2. The minimum absolute atomic E-state index is 0.0624. The smallest absolute Gasteiger partial charge is 0.125 e. The average molecular weight is 456 g/mol. The molecule has 0 bridgehead atoms. The minimum Gasteiger partial charge on any atom is -0.490 e. The number of nitrogens with zero attached hydrogens (tertiary/aromatic N) is 3. The van der Waals surface area contributed by atoms with Gasteiger partial charge in [-0.05, 0) is 29.7 Å². The van der Waals surface area contributed by atoms with Crippen LogP contribution in [0.4, 0.5) is 0 Å². The summed E-state index contributed by atoms with van der Waals surface area (Å²) in [5.41, 5.74) is 4.90. The van der Waals surface area contributed by atoms with Crippen molar-refractivity contribution in [1.82, 2.24) is 9.80 Å². The summed E-state index contributed by atoms with van der Waals surface area (Å²) in [7, 11) is 0. The fourth-order valence-electron chi connectivity index (χ4n) is 5.14. The van der Waals surface area contributed by atoms with Crippen LogP contribution in [0.2, 0.25) is 0 Å². The Hall–Kier alpha value is -2.99. The second-order valence-corrected chi connectivity index (χ2v) is 9.26. The van der Waals surface area contributed by atoms with E-state index >= 15 is 0 Å². The zero-order valence-electron chi connectivity index (χ0n) is 19.8. The summed E-state index contributed by atoms with van der Waals surface area (Å²) in [6, 6.07) is 21.8. The molecule has 0 spiro atoms. The second-order valence-electron chi connectivity index (χ2n) is 9.26. The Morgan fingerprint density at radius 2 is 1.62 bits per heavy atom. The Balaban J connectivity index is 1.15. The van der Waals surface area contributed by atoms with Crippen LogP contribution >= 0.6 is 0 Å². The summed E-state index contributed by atoms with van der Waals surface area (Å²) < 4.78 is 6.03. The number of aliphatic imine (C=N–C) groups is 1. The normalized spacial score (nSPS) is 21.6. The van der Waals surface area contributed by atoms with E-state index in [-0.39, 0.29) is 12.1 Å². The van der Waals surface area contributed by atoms with Gasteiger partial charge in [-0.2, -0.15) is 0 Å². The predicted molar refractivity (Wildman–Crippen MR) is 137 cm³/mol. The molecule has 0 radical (unpaired) electrons. The lowest BCUT2D eigenvalue weighted by molar-refractivity contribution is 0.0250. The molecule has 2 atom stereocenters. The Morgan fingerprint density at radius 3 is 2.26 bits per heavy atom. The molecule has 1 saturated heterocycles. The first-order valence-corrected chi connectivity index (χ1v) is 12.2. The Bertz CT molecular complexity index is 1040. The monoisotopic (exact) mass is 455 g/mol. The maximum atomic E-state index is 10.7. The van der Waals surface area contributed by atoms with Gasteiger partial charge in [-0.1, -0.05) is 72.8 Å². The van der Waals surface area contributed by atoms with E-state index in [0.717, 1.165) is 43.1 Å². The number of rotatable bonds is 8. The average Bonchev–Trinajstić information content (AvgIpc) is 3.27. The predicted octanol–water partition coefficient (Wildman–Crippen LogP) is 3.99. The number of hydrogen-bond donors (Lipinski definition) is 1. The van der Waals surface area contributed by atoms with Crippen molar-refractivity contribution >= 4 is 6.21 Å². The number of hydrogen-bond acceptors (Lipinski definition) is 5. The fourth-order valence-corrected chi connectivity index (χ4v) is 5.14. The topological polar surface area (TPSA) is 48.3 Å². The third-order valence-electron chi connectivity index (χ3n) is 6.86. The third kappa shape index (κ3) is 5.07. The van der Waals surface area contributed by atoms with E-state index in [2.05, 4.69) is 88.5 Å². The van der Waals surface area contributed by atoms with Crippen molar-refractivity contribution in [2.24, 2.45) is 4.99 Å². The molecular formula is C29H33N3O2.